The summed E-state index contributed by atoms with van der Waals surface area (Å²) in [6.07, 6.45) is 2.73. The second-order valence-corrected chi connectivity index (χ2v) is 6.74. The van der Waals surface area contributed by atoms with Gasteiger partial charge in [-0.2, -0.15) is 0 Å². The van der Waals surface area contributed by atoms with Crippen LogP contribution in [0.15, 0.2) is 0 Å². The SMILES string of the molecule is CC(C)(C)OC(=O)NC1CCc2nc(C=O)sc2C1. The average Bonchev–Trinajstić information content (AvgIpc) is 2.68. The number of ether oxygens (including phenoxy) is 1. The molecule has 1 aromatic heterocycles. The maximum absolute atomic E-state index is 11.7. The van der Waals surface area contributed by atoms with Crippen LogP contribution in [0, 0.1) is 0 Å². The second-order valence-electron chi connectivity index (χ2n) is 5.63. The molecular weight excluding hydrogens is 264 g/mol. The zero-order chi connectivity index (χ0) is 14.0. The van der Waals surface area contributed by atoms with Crippen LogP contribution in [0.3, 0.4) is 0 Å². The second kappa shape index (κ2) is 5.28. The van der Waals surface area contributed by atoms with Gasteiger partial charge in [0.1, 0.15) is 5.60 Å². The molecule has 1 aromatic rings. The number of amides is 1. The van der Waals surface area contributed by atoms with E-state index in [1.54, 1.807) is 0 Å². The van der Waals surface area contributed by atoms with Crippen LogP contribution in [0.4, 0.5) is 4.79 Å². The van der Waals surface area contributed by atoms with Gasteiger partial charge in [0.15, 0.2) is 11.3 Å². The van der Waals surface area contributed by atoms with Gasteiger partial charge >= 0.3 is 6.09 Å². The molecule has 0 aromatic carbocycles. The Bertz CT molecular complexity index is 491. The molecule has 1 atom stereocenters. The molecule has 0 spiro atoms. The quantitative estimate of drug-likeness (QED) is 0.845. The molecular formula is C13H18N2O3S. The summed E-state index contributed by atoms with van der Waals surface area (Å²) in [6, 6.07) is 0.0577. The van der Waals surface area contributed by atoms with Crippen LogP contribution < -0.4 is 5.32 Å². The fraction of sp³-hybridized carbons (Fsp3) is 0.615. The van der Waals surface area contributed by atoms with Crippen molar-refractivity contribution in [2.24, 2.45) is 0 Å². The van der Waals surface area contributed by atoms with Crippen LogP contribution in [0.1, 0.15) is 47.6 Å². The maximum Gasteiger partial charge on any atom is 0.407 e. The number of carbonyl (C=O) groups is 2. The van der Waals surface area contributed by atoms with E-state index in [4.69, 9.17) is 4.74 Å². The molecule has 0 bridgehead atoms. The molecule has 0 aliphatic heterocycles. The number of rotatable bonds is 2. The van der Waals surface area contributed by atoms with E-state index in [0.29, 0.717) is 5.01 Å². The standard InChI is InChI=1S/C13H18N2O3S/c1-13(2,3)18-12(17)14-8-4-5-9-10(6-8)19-11(7-16)15-9/h7-8H,4-6H2,1-3H3,(H,14,17). The minimum atomic E-state index is -0.487. The van der Waals surface area contributed by atoms with Crippen LogP contribution in [-0.2, 0) is 17.6 Å². The lowest BCUT2D eigenvalue weighted by molar-refractivity contribution is 0.0500. The summed E-state index contributed by atoms with van der Waals surface area (Å²) < 4.78 is 5.24. The zero-order valence-corrected chi connectivity index (χ0v) is 12.2. The maximum atomic E-state index is 11.7. The molecule has 1 N–H and O–H groups in total. The first-order valence-electron chi connectivity index (χ1n) is 6.30. The van der Waals surface area contributed by atoms with Gasteiger partial charge in [0.05, 0.1) is 5.69 Å². The van der Waals surface area contributed by atoms with Crippen molar-refractivity contribution in [3.63, 3.8) is 0 Å². The minimum Gasteiger partial charge on any atom is -0.444 e. The van der Waals surface area contributed by atoms with Crippen molar-refractivity contribution < 1.29 is 14.3 Å². The molecule has 1 heterocycles. The monoisotopic (exact) mass is 282 g/mol. The third kappa shape index (κ3) is 3.76. The highest BCUT2D eigenvalue weighted by atomic mass is 32.1. The van der Waals surface area contributed by atoms with E-state index >= 15 is 0 Å². The predicted molar refractivity (Wildman–Crippen MR) is 72.7 cm³/mol. The average molecular weight is 282 g/mol. The molecule has 0 saturated heterocycles. The summed E-state index contributed by atoms with van der Waals surface area (Å²) in [5.74, 6) is 0. The smallest absolute Gasteiger partial charge is 0.407 e. The van der Waals surface area contributed by atoms with Gasteiger partial charge in [-0.05, 0) is 33.6 Å². The largest absolute Gasteiger partial charge is 0.444 e. The third-order valence-electron chi connectivity index (χ3n) is 2.78. The molecule has 19 heavy (non-hydrogen) atoms. The number of aryl methyl sites for hydroxylation is 1. The number of hydrogen-bond donors (Lipinski definition) is 1. The highest BCUT2D eigenvalue weighted by Gasteiger charge is 2.25. The summed E-state index contributed by atoms with van der Waals surface area (Å²) in [7, 11) is 0. The molecule has 2 rings (SSSR count). The number of thiazole rings is 1. The lowest BCUT2D eigenvalue weighted by Gasteiger charge is -2.25. The molecule has 1 amide bonds. The number of alkyl carbamates (subject to hydrolysis) is 1. The Morgan fingerprint density at radius 2 is 2.26 bits per heavy atom. The third-order valence-corrected chi connectivity index (χ3v) is 3.82. The first-order chi connectivity index (χ1) is 8.87. The molecule has 5 nitrogen and oxygen atoms in total. The van der Waals surface area contributed by atoms with Crippen LogP contribution in [-0.4, -0.2) is 29.0 Å². The first kappa shape index (κ1) is 14.0. The van der Waals surface area contributed by atoms with Gasteiger partial charge in [-0.1, -0.05) is 0 Å². The van der Waals surface area contributed by atoms with Crippen molar-refractivity contribution in [2.45, 2.75) is 51.7 Å². The molecule has 1 aliphatic rings. The Morgan fingerprint density at radius 3 is 2.89 bits per heavy atom. The van der Waals surface area contributed by atoms with Gasteiger partial charge < -0.3 is 10.1 Å². The Balaban J connectivity index is 1.94. The molecule has 104 valence electrons. The number of nitrogens with zero attached hydrogens (tertiary/aromatic N) is 1. The predicted octanol–water partition coefficient (Wildman–Crippen LogP) is 2.34. The molecule has 1 unspecified atom stereocenters. The van der Waals surface area contributed by atoms with E-state index in [2.05, 4.69) is 10.3 Å². The van der Waals surface area contributed by atoms with Gasteiger partial charge in [-0.25, -0.2) is 9.78 Å². The first-order valence-corrected chi connectivity index (χ1v) is 7.12. The van der Waals surface area contributed by atoms with Gasteiger partial charge in [0.25, 0.3) is 0 Å². The highest BCUT2D eigenvalue weighted by molar-refractivity contribution is 7.13. The lowest BCUT2D eigenvalue weighted by Crippen LogP contribution is -2.41. The van der Waals surface area contributed by atoms with Crippen molar-refractivity contribution in [3.8, 4) is 0 Å². The fourth-order valence-corrected chi connectivity index (χ4v) is 3.05. The van der Waals surface area contributed by atoms with E-state index in [1.165, 1.54) is 11.3 Å². The van der Waals surface area contributed by atoms with Crippen LogP contribution in [0.5, 0.6) is 0 Å². The van der Waals surface area contributed by atoms with E-state index in [-0.39, 0.29) is 12.1 Å². The van der Waals surface area contributed by atoms with Crippen molar-refractivity contribution in [3.05, 3.63) is 15.6 Å². The van der Waals surface area contributed by atoms with E-state index < -0.39 is 5.60 Å². The molecule has 6 heteroatoms. The van der Waals surface area contributed by atoms with Crippen molar-refractivity contribution in [1.29, 1.82) is 0 Å². The van der Waals surface area contributed by atoms with Crippen LogP contribution in [0.2, 0.25) is 0 Å². The van der Waals surface area contributed by atoms with Crippen LogP contribution >= 0.6 is 11.3 Å². The number of aromatic nitrogens is 1. The lowest BCUT2D eigenvalue weighted by atomic mass is 9.98. The summed E-state index contributed by atoms with van der Waals surface area (Å²) in [5, 5.41) is 3.39. The highest BCUT2D eigenvalue weighted by Crippen LogP contribution is 2.26. The van der Waals surface area contributed by atoms with E-state index in [9.17, 15) is 9.59 Å². The van der Waals surface area contributed by atoms with Crippen molar-refractivity contribution in [2.75, 3.05) is 0 Å². The molecule has 0 fully saturated rings. The summed E-state index contributed by atoms with van der Waals surface area (Å²) in [6.45, 7) is 5.52. The number of aldehydes is 1. The molecule has 0 radical (unpaired) electrons. The Kier molecular flexibility index (Phi) is 3.89. The van der Waals surface area contributed by atoms with Crippen LogP contribution in [0.25, 0.3) is 0 Å². The van der Waals surface area contributed by atoms with Crippen molar-refractivity contribution in [1.82, 2.24) is 10.3 Å². The van der Waals surface area contributed by atoms with Crippen molar-refractivity contribution >= 4 is 23.7 Å². The van der Waals surface area contributed by atoms with E-state index in [0.717, 1.165) is 36.1 Å². The number of nitrogens with one attached hydrogen (secondary N) is 1. The van der Waals surface area contributed by atoms with Gasteiger partial charge in [-0.3, -0.25) is 4.79 Å². The van der Waals surface area contributed by atoms with E-state index in [1.807, 2.05) is 20.8 Å². The normalized spacial score (nSPS) is 18.6. The summed E-state index contributed by atoms with van der Waals surface area (Å²) >= 11 is 1.41. The Hall–Kier alpha value is -1.43. The van der Waals surface area contributed by atoms with Gasteiger partial charge in [0.2, 0.25) is 0 Å². The summed E-state index contributed by atoms with van der Waals surface area (Å²) in [5.41, 5.74) is 0.508. The zero-order valence-electron chi connectivity index (χ0n) is 11.4. The topological polar surface area (TPSA) is 68.3 Å². The minimum absolute atomic E-state index is 0.0577. The summed E-state index contributed by atoms with van der Waals surface area (Å²) in [4.78, 5) is 27.7. The number of hydrogen-bond acceptors (Lipinski definition) is 5. The molecule has 1 aliphatic carbocycles. The number of fused-ring (bicyclic) bond motifs is 1. The van der Waals surface area contributed by atoms with Gasteiger partial charge in [0, 0.05) is 17.3 Å². The Labute approximate surface area is 116 Å². The number of carbonyl (C=O) groups excluding carboxylic acids is 2. The molecule has 0 saturated carbocycles. The fourth-order valence-electron chi connectivity index (χ4n) is 2.04. The van der Waals surface area contributed by atoms with Gasteiger partial charge in [-0.15, -0.1) is 11.3 Å². The Morgan fingerprint density at radius 1 is 1.53 bits per heavy atom.